The smallest absolute Gasteiger partial charge is 0.336 e. The van der Waals surface area contributed by atoms with E-state index in [0.29, 0.717) is 26.3 Å². The van der Waals surface area contributed by atoms with Gasteiger partial charge in [0, 0.05) is 0 Å². The number of nitrogens with zero attached hydrogens (tertiary/aromatic N) is 2. The summed E-state index contributed by atoms with van der Waals surface area (Å²) >= 11 is 0. The molecule has 76 valence electrons. The Balaban J connectivity index is 1.56. The number of urea groups is 2. The zero-order valence-electron chi connectivity index (χ0n) is 7.51. The van der Waals surface area contributed by atoms with Gasteiger partial charge in [-0.1, -0.05) is 0 Å². The maximum Gasteiger partial charge on any atom is 0.336 e. The highest BCUT2D eigenvalue weighted by Crippen LogP contribution is 2.23. The van der Waals surface area contributed by atoms with Crippen LogP contribution in [-0.2, 0) is 9.47 Å². The Morgan fingerprint density at radius 3 is 1.64 bits per heavy atom. The van der Waals surface area contributed by atoms with Gasteiger partial charge in [-0.3, -0.25) is 0 Å². The highest BCUT2D eigenvalue weighted by Gasteiger charge is 2.48. The molecule has 3 aliphatic rings. The first-order valence-corrected chi connectivity index (χ1v) is 4.62. The van der Waals surface area contributed by atoms with Crippen molar-refractivity contribution in [2.45, 2.75) is 12.2 Å². The van der Waals surface area contributed by atoms with Crippen LogP contribution in [0, 0.1) is 0 Å². The van der Waals surface area contributed by atoms with Crippen molar-refractivity contribution in [1.29, 1.82) is 0 Å². The van der Waals surface area contributed by atoms with Gasteiger partial charge in [0.2, 0.25) is 0 Å². The molecule has 6 nitrogen and oxygen atoms in total. The zero-order valence-corrected chi connectivity index (χ0v) is 7.51. The molecule has 0 saturated carbocycles. The van der Waals surface area contributed by atoms with E-state index >= 15 is 0 Å². The first-order valence-electron chi connectivity index (χ1n) is 4.62. The van der Waals surface area contributed by atoms with Crippen molar-refractivity contribution in [2.75, 3.05) is 26.3 Å². The van der Waals surface area contributed by atoms with Crippen LogP contribution >= 0.6 is 0 Å². The highest BCUT2D eigenvalue weighted by molar-refractivity contribution is 6.11. The van der Waals surface area contributed by atoms with Crippen molar-refractivity contribution >= 4 is 12.1 Å². The Hall–Kier alpha value is -1.14. The van der Waals surface area contributed by atoms with Crippen LogP contribution in [0.1, 0.15) is 0 Å². The van der Waals surface area contributed by atoms with E-state index in [1.165, 1.54) is 9.80 Å². The van der Waals surface area contributed by atoms with E-state index < -0.39 is 0 Å². The Morgan fingerprint density at radius 2 is 1.36 bits per heavy atom. The van der Waals surface area contributed by atoms with Crippen molar-refractivity contribution in [3.05, 3.63) is 0 Å². The summed E-state index contributed by atoms with van der Waals surface area (Å²) < 4.78 is 9.90. The third-order valence-electron chi connectivity index (χ3n) is 2.50. The average Bonchev–Trinajstić information content (AvgIpc) is 3.01. The predicted molar refractivity (Wildman–Crippen MR) is 43.7 cm³/mol. The molecule has 0 aliphatic carbocycles. The number of hydrogen-bond acceptors (Lipinski definition) is 4. The lowest BCUT2D eigenvalue weighted by Crippen LogP contribution is -2.65. The van der Waals surface area contributed by atoms with Crippen LogP contribution in [0.25, 0.3) is 0 Å². The van der Waals surface area contributed by atoms with Crippen molar-refractivity contribution in [1.82, 2.24) is 9.80 Å². The summed E-state index contributed by atoms with van der Waals surface area (Å²) in [5, 5.41) is 0. The number of imide groups is 2. The Labute approximate surface area is 80.3 Å². The van der Waals surface area contributed by atoms with Gasteiger partial charge in [0.1, 0.15) is 0 Å². The first kappa shape index (κ1) is 8.19. The fourth-order valence-electron chi connectivity index (χ4n) is 1.48. The van der Waals surface area contributed by atoms with Crippen molar-refractivity contribution in [3.63, 3.8) is 0 Å². The summed E-state index contributed by atoms with van der Waals surface area (Å²) in [4.78, 5) is 25.3. The summed E-state index contributed by atoms with van der Waals surface area (Å²) in [7, 11) is 0. The number of carbonyl (C=O) groups excluding carboxylic acids is 2. The average molecular weight is 198 g/mol. The molecule has 2 unspecified atom stereocenters. The summed E-state index contributed by atoms with van der Waals surface area (Å²) in [6, 6.07) is -0.443. The minimum atomic E-state index is -0.221. The molecule has 6 heteroatoms. The highest BCUT2D eigenvalue weighted by atomic mass is 16.6. The van der Waals surface area contributed by atoms with E-state index in [-0.39, 0.29) is 24.3 Å². The molecule has 14 heavy (non-hydrogen) atoms. The third-order valence-corrected chi connectivity index (χ3v) is 2.50. The minimum absolute atomic E-state index is 0.0715. The van der Waals surface area contributed by atoms with Crippen LogP contribution < -0.4 is 0 Å². The van der Waals surface area contributed by atoms with Gasteiger partial charge in [-0.15, -0.1) is 0 Å². The summed E-state index contributed by atoms with van der Waals surface area (Å²) in [6.07, 6.45) is 0.143. The second kappa shape index (κ2) is 2.68. The lowest BCUT2D eigenvalue weighted by Gasteiger charge is -2.38. The molecule has 0 spiro atoms. The number of ether oxygens (including phenoxy) is 2. The van der Waals surface area contributed by atoms with Gasteiger partial charge in [0.15, 0.2) is 0 Å². The maximum atomic E-state index is 11.4. The second-order valence-corrected chi connectivity index (χ2v) is 3.70. The fourth-order valence-corrected chi connectivity index (χ4v) is 1.48. The molecule has 3 aliphatic heterocycles. The van der Waals surface area contributed by atoms with Gasteiger partial charge in [-0.2, -0.15) is 0 Å². The maximum absolute atomic E-state index is 11.4. The molecule has 0 aromatic rings. The number of epoxide rings is 2. The van der Waals surface area contributed by atoms with E-state index in [2.05, 4.69) is 0 Å². The molecule has 3 heterocycles. The molecule has 3 fully saturated rings. The van der Waals surface area contributed by atoms with Crippen LogP contribution in [0.2, 0.25) is 0 Å². The number of rotatable bonds is 4. The van der Waals surface area contributed by atoms with Crippen LogP contribution in [-0.4, -0.2) is 60.4 Å². The summed E-state index contributed by atoms with van der Waals surface area (Å²) in [5.41, 5.74) is 0. The van der Waals surface area contributed by atoms with Crippen LogP contribution in [0.5, 0.6) is 0 Å². The molecule has 0 N–H and O–H groups in total. The van der Waals surface area contributed by atoms with Crippen LogP contribution in [0.15, 0.2) is 0 Å². The topological polar surface area (TPSA) is 65.7 Å². The number of carbonyl (C=O) groups is 2. The second-order valence-electron chi connectivity index (χ2n) is 3.70. The molecule has 4 amide bonds. The Bertz CT molecular complexity index is 256. The van der Waals surface area contributed by atoms with E-state index in [4.69, 9.17) is 9.47 Å². The van der Waals surface area contributed by atoms with Crippen LogP contribution in [0.4, 0.5) is 9.59 Å². The normalized spacial score (nSPS) is 34.6. The standard InChI is InChI=1S/C8H10N2O4/c11-7-9(1-5-3-13-5)8(12)10(7)2-6-4-14-6/h5-6H,1-4H2. The van der Waals surface area contributed by atoms with Gasteiger partial charge < -0.3 is 9.47 Å². The van der Waals surface area contributed by atoms with Crippen molar-refractivity contribution in [3.8, 4) is 0 Å². The molecule has 2 atom stereocenters. The van der Waals surface area contributed by atoms with E-state index in [0.717, 1.165) is 0 Å². The number of amides is 4. The molecular formula is C8H10N2O4. The molecule has 0 aromatic heterocycles. The Morgan fingerprint density at radius 1 is 1.00 bits per heavy atom. The lowest BCUT2D eigenvalue weighted by molar-refractivity contribution is 0.0985. The largest absolute Gasteiger partial charge is 0.371 e. The van der Waals surface area contributed by atoms with E-state index in [1.807, 2.05) is 0 Å². The van der Waals surface area contributed by atoms with Gasteiger partial charge in [-0.05, 0) is 0 Å². The van der Waals surface area contributed by atoms with E-state index in [1.54, 1.807) is 0 Å². The molecule has 3 rings (SSSR count). The SMILES string of the molecule is O=C1N(CC2CO2)C(=O)N1CC1CO1. The molecule has 0 aromatic carbocycles. The fraction of sp³-hybridized carbons (Fsp3) is 0.750. The van der Waals surface area contributed by atoms with Gasteiger partial charge in [0.25, 0.3) is 0 Å². The Kier molecular flexibility index (Phi) is 1.57. The van der Waals surface area contributed by atoms with Crippen molar-refractivity contribution < 1.29 is 19.1 Å². The summed E-state index contributed by atoms with van der Waals surface area (Å²) in [6.45, 7) is 2.12. The molecule has 0 bridgehead atoms. The lowest BCUT2D eigenvalue weighted by atomic mass is 10.3. The quantitative estimate of drug-likeness (QED) is 0.579. The summed E-state index contributed by atoms with van der Waals surface area (Å²) in [5.74, 6) is 0. The van der Waals surface area contributed by atoms with Crippen LogP contribution in [0.3, 0.4) is 0 Å². The molecular weight excluding hydrogens is 188 g/mol. The monoisotopic (exact) mass is 198 g/mol. The van der Waals surface area contributed by atoms with Gasteiger partial charge in [-0.25, -0.2) is 19.4 Å². The molecule has 3 saturated heterocycles. The number of hydrogen-bond donors (Lipinski definition) is 0. The van der Waals surface area contributed by atoms with Gasteiger partial charge in [0.05, 0.1) is 38.5 Å². The zero-order chi connectivity index (χ0) is 9.71. The molecule has 0 radical (unpaired) electrons. The third kappa shape index (κ3) is 1.27. The van der Waals surface area contributed by atoms with Gasteiger partial charge >= 0.3 is 12.1 Å². The van der Waals surface area contributed by atoms with E-state index in [9.17, 15) is 9.59 Å². The predicted octanol–water partition coefficient (Wildman–Crippen LogP) is -0.358. The minimum Gasteiger partial charge on any atom is -0.371 e. The van der Waals surface area contributed by atoms with Crippen molar-refractivity contribution in [2.24, 2.45) is 0 Å². The first-order chi connectivity index (χ1) is 6.75.